The first-order chi connectivity index (χ1) is 9.95. The van der Waals surface area contributed by atoms with E-state index in [4.69, 9.17) is 5.41 Å². The van der Waals surface area contributed by atoms with Crippen molar-refractivity contribution in [2.75, 3.05) is 0 Å². The maximum absolute atomic E-state index is 8.12. The lowest BCUT2D eigenvalue weighted by molar-refractivity contribution is 0.455. The van der Waals surface area contributed by atoms with Gasteiger partial charge in [0, 0.05) is 5.71 Å². The first-order valence-electron chi connectivity index (χ1n) is 8.01. The average Bonchev–Trinajstić information content (AvgIpc) is 2.45. The van der Waals surface area contributed by atoms with Crippen LogP contribution in [-0.2, 0) is 5.41 Å². The van der Waals surface area contributed by atoms with Crippen LogP contribution in [0, 0.1) is 11.3 Å². The molecule has 21 heavy (non-hydrogen) atoms. The van der Waals surface area contributed by atoms with Gasteiger partial charge in [-0.3, -0.25) is 0 Å². The molecule has 1 heteroatoms. The van der Waals surface area contributed by atoms with Crippen molar-refractivity contribution < 1.29 is 0 Å². The molecule has 2 aliphatic carbocycles. The van der Waals surface area contributed by atoms with Gasteiger partial charge in [-0.2, -0.15) is 0 Å². The highest BCUT2D eigenvalue weighted by Gasteiger charge is 2.31. The van der Waals surface area contributed by atoms with Gasteiger partial charge in [-0.1, -0.05) is 57.2 Å². The molecule has 2 atom stereocenters. The Hall–Kier alpha value is -1.63. The van der Waals surface area contributed by atoms with E-state index in [1.807, 2.05) is 0 Å². The molecule has 0 saturated carbocycles. The summed E-state index contributed by atoms with van der Waals surface area (Å²) in [4.78, 5) is 0. The van der Waals surface area contributed by atoms with Crippen LogP contribution in [0.4, 0.5) is 0 Å². The van der Waals surface area contributed by atoms with E-state index in [2.05, 4.69) is 63.3 Å². The molecule has 0 spiro atoms. The van der Waals surface area contributed by atoms with Crippen molar-refractivity contribution in [3.63, 3.8) is 0 Å². The molecule has 1 N–H and O–H groups in total. The molecule has 0 amide bonds. The van der Waals surface area contributed by atoms with Gasteiger partial charge in [0.15, 0.2) is 0 Å². The van der Waals surface area contributed by atoms with Gasteiger partial charge in [0.2, 0.25) is 0 Å². The fourth-order valence-corrected chi connectivity index (χ4v) is 3.59. The fraction of sp³-hybridized carbons (Fsp3) is 0.450. The molecule has 0 aromatic heterocycles. The lowest BCUT2D eigenvalue weighted by Gasteiger charge is -2.34. The number of benzene rings is 1. The van der Waals surface area contributed by atoms with Gasteiger partial charge in [0.1, 0.15) is 0 Å². The smallest absolute Gasteiger partial charge is 0.0323 e. The zero-order valence-electron chi connectivity index (χ0n) is 13.3. The molecule has 1 aromatic rings. The SMILES string of the molecule is CC(C)(C)c1ccc(C2CC(=N)C=C3C=CCCC32)cc1. The van der Waals surface area contributed by atoms with E-state index in [1.165, 1.54) is 29.5 Å². The van der Waals surface area contributed by atoms with E-state index in [0.29, 0.717) is 11.8 Å². The molecule has 0 bridgehead atoms. The summed E-state index contributed by atoms with van der Waals surface area (Å²) in [6.45, 7) is 6.77. The summed E-state index contributed by atoms with van der Waals surface area (Å²) < 4.78 is 0. The first-order valence-corrected chi connectivity index (χ1v) is 8.01. The Bertz CT molecular complexity index is 596. The van der Waals surface area contributed by atoms with Crippen molar-refractivity contribution in [3.8, 4) is 0 Å². The molecule has 0 heterocycles. The summed E-state index contributed by atoms with van der Waals surface area (Å²) in [5.74, 6) is 1.08. The van der Waals surface area contributed by atoms with E-state index in [0.717, 1.165) is 12.1 Å². The normalized spacial score (nSPS) is 25.5. The van der Waals surface area contributed by atoms with Crippen LogP contribution in [0.1, 0.15) is 57.1 Å². The summed E-state index contributed by atoms with van der Waals surface area (Å²) in [6, 6.07) is 9.13. The van der Waals surface area contributed by atoms with Crippen molar-refractivity contribution in [1.29, 1.82) is 5.41 Å². The van der Waals surface area contributed by atoms with Gasteiger partial charge < -0.3 is 5.41 Å². The number of allylic oxidation sites excluding steroid dienone is 4. The maximum atomic E-state index is 8.12. The van der Waals surface area contributed by atoms with Gasteiger partial charge in [0.05, 0.1) is 0 Å². The lowest BCUT2D eigenvalue weighted by Crippen LogP contribution is -2.24. The van der Waals surface area contributed by atoms with Gasteiger partial charge in [-0.15, -0.1) is 0 Å². The zero-order chi connectivity index (χ0) is 15.0. The maximum Gasteiger partial charge on any atom is 0.0323 e. The summed E-state index contributed by atoms with van der Waals surface area (Å²) in [5, 5.41) is 8.12. The quantitative estimate of drug-likeness (QED) is 0.713. The van der Waals surface area contributed by atoms with Crippen molar-refractivity contribution in [2.45, 2.75) is 51.4 Å². The van der Waals surface area contributed by atoms with Crippen LogP contribution < -0.4 is 0 Å². The summed E-state index contributed by atoms with van der Waals surface area (Å²) >= 11 is 0. The highest BCUT2D eigenvalue weighted by Crippen LogP contribution is 2.42. The Morgan fingerprint density at radius 3 is 2.43 bits per heavy atom. The molecule has 1 nitrogen and oxygen atoms in total. The summed E-state index contributed by atoms with van der Waals surface area (Å²) in [7, 11) is 0. The zero-order valence-corrected chi connectivity index (χ0v) is 13.3. The Balaban J connectivity index is 1.91. The second-order valence-electron chi connectivity index (χ2n) is 7.44. The Morgan fingerprint density at radius 1 is 1.05 bits per heavy atom. The Labute approximate surface area is 128 Å². The molecule has 2 unspecified atom stereocenters. The summed E-state index contributed by atoms with van der Waals surface area (Å²) in [5.41, 5.74) is 5.13. The molecule has 0 aliphatic heterocycles. The number of hydrogen-bond acceptors (Lipinski definition) is 1. The molecule has 0 saturated heterocycles. The lowest BCUT2D eigenvalue weighted by atomic mass is 9.70. The van der Waals surface area contributed by atoms with Crippen molar-refractivity contribution in [2.24, 2.45) is 5.92 Å². The number of rotatable bonds is 1. The number of hydrogen-bond donors (Lipinski definition) is 1. The second kappa shape index (κ2) is 5.29. The molecule has 2 aliphatic rings. The molecule has 110 valence electrons. The predicted octanol–water partition coefficient (Wildman–Crippen LogP) is 5.38. The van der Waals surface area contributed by atoms with Gasteiger partial charge in [-0.05, 0) is 59.3 Å². The standard InChI is InChI=1S/C20H25N/c1-20(2,3)16-10-8-14(9-11-16)19-13-17(21)12-15-6-4-5-7-18(15)19/h4,6,8-12,18-19,21H,5,7,13H2,1-3H3. The van der Waals surface area contributed by atoms with E-state index in [9.17, 15) is 0 Å². The third-order valence-corrected chi connectivity index (χ3v) is 4.85. The van der Waals surface area contributed by atoms with Crippen LogP contribution >= 0.6 is 0 Å². The van der Waals surface area contributed by atoms with Crippen LogP contribution in [0.3, 0.4) is 0 Å². The van der Waals surface area contributed by atoms with Crippen LogP contribution in [0.5, 0.6) is 0 Å². The minimum absolute atomic E-state index is 0.205. The first kappa shape index (κ1) is 14.3. The van der Waals surface area contributed by atoms with E-state index in [-0.39, 0.29) is 5.41 Å². The largest absolute Gasteiger partial charge is 0.305 e. The van der Waals surface area contributed by atoms with Crippen LogP contribution in [0.25, 0.3) is 0 Å². The van der Waals surface area contributed by atoms with Gasteiger partial charge in [-0.25, -0.2) is 0 Å². The van der Waals surface area contributed by atoms with Crippen LogP contribution in [-0.4, -0.2) is 5.71 Å². The number of fused-ring (bicyclic) bond motifs is 1. The third-order valence-electron chi connectivity index (χ3n) is 4.85. The minimum Gasteiger partial charge on any atom is -0.305 e. The van der Waals surface area contributed by atoms with Crippen molar-refractivity contribution >= 4 is 5.71 Å². The van der Waals surface area contributed by atoms with E-state index in [1.54, 1.807) is 0 Å². The van der Waals surface area contributed by atoms with E-state index < -0.39 is 0 Å². The predicted molar refractivity (Wildman–Crippen MR) is 90.2 cm³/mol. The minimum atomic E-state index is 0.205. The molecule has 3 rings (SSSR count). The van der Waals surface area contributed by atoms with Gasteiger partial charge in [0.25, 0.3) is 0 Å². The monoisotopic (exact) mass is 279 g/mol. The molecule has 1 aromatic carbocycles. The van der Waals surface area contributed by atoms with Gasteiger partial charge >= 0.3 is 0 Å². The molecule has 0 radical (unpaired) electrons. The Morgan fingerprint density at radius 2 is 1.76 bits per heavy atom. The summed E-state index contributed by atoms with van der Waals surface area (Å²) in [6.07, 6.45) is 9.85. The third kappa shape index (κ3) is 2.88. The van der Waals surface area contributed by atoms with Crippen LogP contribution in [0.2, 0.25) is 0 Å². The topological polar surface area (TPSA) is 23.9 Å². The van der Waals surface area contributed by atoms with Crippen LogP contribution in [0.15, 0.2) is 48.1 Å². The second-order valence-corrected chi connectivity index (χ2v) is 7.44. The fourth-order valence-electron chi connectivity index (χ4n) is 3.59. The molecular weight excluding hydrogens is 254 g/mol. The number of nitrogens with one attached hydrogen (secondary N) is 1. The highest BCUT2D eigenvalue weighted by atomic mass is 14.5. The average molecular weight is 279 g/mol. The van der Waals surface area contributed by atoms with E-state index >= 15 is 0 Å². The van der Waals surface area contributed by atoms with Crippen molar-refractivity contribution in [1.82, 2.24) is 0 Å². The molecular formula is C20H25N. The molecule has 0 fully saturated rings. The highest BCUT2D eigenvalue weighted by molar-refractivity contribution is 5.95. The Kier molecular flexibility index (Phi) is 3.61. The van der Waals surface area contributed by atoms with Crippen molar-refractivity contribution in [3.05, 3.63) is 59.2 Å².